The number of nitrogens with one attached hydrogen (secondary N) is 1. The molecule has 0 aromatic heterocycles. The molecule has 0 saturated carbocycles. The number of imide groups is 1. The van der Waals surface area contributed by atoms with Crippen molar-refractivity contribution in [1.82, 2.24) is 5.32 Å². The number of rotatable bonds is 6. The molecule has 0 atom stereocenters. The number of urea groups is 1. The average molecular weight is 384 g/mol. The first-order valence-electron chi connectivity index (χ1n) is 8.74. The van der Waals surface area contributed by atoms with E-state index in [0.29, 0.717) is 6.61 Å². The Morgan fingerprint density at radius 2 is 1.57 bits per heavy atom. The van der Waals surface area contributed by atoms with Gasteiger partial charge >= 0.3 is 12.0 Å². The van der Waals surface area contributed by atoms with E-state index in [1.807, 2.05) is 29.6 Å². The fourth-order valence-corrected chi connectivity index (χ4v) is 2.34. The summed E-state index contributed by atoms with van der Waals surface area (Å²) in [5.41, 5.74) is 7.28. The van der Waals surface area contributed by atoms with Gasteiger partial charge in [0, 0.05) is 0 Å². The lowest BCUT2D eigenvalue weighted by Gasteiger charge is -2.19. The lowest BCUT2D eigenvalue weighted by molar-refractivity contribution is -0.123. The van der Waals surface area contributed by atoms with Crippen molar-refractivity contribution in [2.75, 3.05) is 6.61 Å². The molecule has 0 heterocycles. The van der Waals surface area contributed by atoms with E-state index in [1.165, 1.54) is 5.56 Å². The van der Waals surface area contributed by atoms with E-state index in [2.05, 4.69) is 20.8 Å². The zero-order chi connectivity index (χ0) is 20.7. The Balaban J connectivity index is 1.86. The maximum Gasteiger partial charge on any atom is 0.338 e. The van der Waals surface area contributed by atoms with Crippen LogP contribution in [-0.2, 0) is 21.6 Å². The van der Waals surface area contributed by atoms with Crippen LogP contribution in [0.3, 0.4) is 0 Å². The van der Waals surface area contributed by atoms with Crippen LogP contribution < -0.4 is 15.8 Å². The number of ether oxygens (including phenoxy) is 2. The van der Waals surface area contributed by atoms with Crippen LogP contribution in [0, 0.1) is 0 Å². The SMILES string of the molecule is CC(C)(C)c1ccc(OCc2ccc(C(=O)OCC(=O)NC(N)=O)cc2)cc1. The molecule has 0 aliphatic rings. The van der Waals surface area contributed by atoms with Crippen LogP contribution >= 0.6 is 0 Å². The molecule has 7 heteroatoms. The van der Waals surface area contributed by atoms with Crippen molar-refractivity contribution in [3.8, 4) is 5.75 Å². The molecular weight excluding hydrogens is 360 g/mol. The lowest BCUT2D eigenvalue weighted by atomic mass is 9.87. The molecule has 2 aromatic rings. The van der Waals surface area contributed by atoms with Crippen LogP contribution in [0.4, 0.5) is 4.79 Å². The fraction of sp³-hybridized carbons (Fsp3) is 0.286. The number of primary amides is 1. The number of hydrogen-bond donors (Lipinski definition) is 2. The highest BCUT2D eigenvalue weighted by atomic mass is 16.5. The minimum Gasteiger partial charge on any atom is -0.489 e. The van der Waals surface area contributed by atoms with Crippen molar-refractivity contribution in [2.24, 2.45) is 5.73 Å². The van der Waals surface area contributed by atoms with Crippen LogP contribution in [0.2, 0.25) is 0 Å². The standard InChI is InChI=1S/C21H24N2O5/c1-21(2,3)16-8-10-17(11-9-16)27-12-14-4-6-15(7-5-14)19(25)28-13-18(24)23-20(22)26/h4-11H,12-13H2,1-3H3,(H3,22,23,24,26). The molecule has 0 fully saturated rings. The monoisotopic (exact) mass is 384 g/mol. The lowest BCUT2D eigenvalue weighted by Crippen LogP contribution is -2.37. The number of nitrogens with two attached hydrogens (primary N) is 1. The van der Waals surface area contributed by atoms with Crippen LogP contribution in [0.5, 0.6) is 5.75 Å². The summed E-state index contributed by atoms with van der Waals surface area (Å²) in [6, 6.07) is 13.6. The first kappa shape index (κ1) is 21.0. The first-order valence-corrected chi connectivity index (χ1v) is 8.74. The quantitative estimate of drug-likeness (QED) is 0.745. The Labute approximate surface area is 163 Å². The van der Waals surface area contributed by atoms with Crippen molar-refractivity contribution in [3.05, 3.63) is 65.2 Å². The second-order valence-corrected chi connectivity index (χ2v) is 7.25. The van der Waals surface area contributed by atoms with Crippen molar-refractivity contribution in [1.29, 1.82) is 0 Å². The second kappa shape index (κ2) is 9.03. The van der Waals surface area contributed by atoms with Gasteiger partial charge in [-0.1, -0.05) is 45.0 Å². The Kier molecular flexibility index (Phi) is 6.76. The molecular formula is C21H24N2O5. The summed E-state index contributed by atoms with van der Waals surface area (Å²) in [7, 11) is 0. The van der Waals surface area contributed by atoms with Gasteiger partial charge in [-0.2, -0.15) is 0 Å². The smallest absolute Gasteiger partial charge is 0.338 e. The highest BCUT2D eigenvalue weighted by molar-refractivity contribution is 5.96. The zero-order valence-corrected chi connectivity index (χ0v) is 16.2. The molecule has 0 aliphatic carbocycles. The number of esters is 1. The van der Waals surface area contributed by atoms with Gasteiger partial charge in [-0.15, -0.1) is 0 Å². The van der Waals surface area contributed by atoms with Crippen molar-refractivity contribution in [3.63, 3.8) is 0 Å². The van der Waals surface area contributed by atoms with Crippen LogP contribution in [-0.4, -0.2) is 24.5 Å². The first-order chi connectivity index (χ1) is 13.1. The normalized spacial score (nSPS) is 10.8. The highest BCUT2D eigenvalue weighted by Crippen LogP contribution is 2.24. The van der Waals surface area contributed by atoms with Gasteiger partial charge in [-0.25, -0.2) is 9.59 Å². The van der Waals surface area contributed by atoms with Gasteiger partial charge in [0.25, 0.3) is 5.91 Å². The van der Waals surface area contributed by atoms with E-state index in [4.69, 9.17) is 15.2 Å². The van der Waals surface area contributed by atoms with Crippen LogP contribution in [0.25, 0.3) is 0 Å². The van der Waals surface area contributed by atoms with E-state index in [-0.39, 0.29) is 11.0 Å². The molecule has 2 rings (SSSR count). The van der Waals surface area contributed by atoms with Crippen LogP contribution in [0.1, 0.15) is 42.3 Å². The van der Waals surface area contributed by atoms with Gasteiger partial charge in [-0.3, -0.25) is 10.1 Å². The van der Waals surface area contributed by atoms with E-state index in [9.17, 15) is 14.4 Å². The van der Waals surface area contributed by atoms with E-state index in [1.54, 1.807) is 24.3 Å². The molecule has 0 spiro atoms. The van der Waals surface area contributed by atoms with E-state index < -0.39 is 24.5 Å². The zero-order valence-electron chi connectivity index (χ0n) is 16.2. The Hall–Kier alpha value is -3.35. The van der Waals surface area contributed by atoms with Crippen molar-refractivity contribution < 1.29 is 23.9 Å². The predicted octanol–water partition coefficient (Wildman–Crippen LogP) is 2.91. The molecule has 3 amide bonds. The molecule has 0 radical (unpaired) electrons. The molecule has 0 aliphatic heterocycles. The van der Waals surface area contributed by atoms with E-state index in [0.717, 1.165) is 11.3 Å². The maximum atomic E-state index is 11.9. The summed E-state index contributed by atoms with van der Waals surface area (Å²) in [5, 5.41) is 1.81. The highest BCUT2D eigenvalue weighted by Gasteiger charge is 2.13. The molecule has 2 aromatic carbocycles. The molecule has 0 bridgehead atoms. The summed E-state index contributed by atoms with van der Waals surface area (Å²) >= 11 is 0. The summed E-state index contributed by atoms with van der Waals surface area (Å²) in [4.78, 5) is 33.6. The minimum absolute atomic E-state index is 0.0868. The second-order valence-electron chi connectivity index (χ2n) is 7.25. The average Bonchev–Trinajstić information content (AvgIpc) is 2.64. The summed E-state index contributed by atoms with van der Waals surface area (Å²) in [6.07, 6.45) is 0. The molecule has 0 saturated heterocycles. The van der Waals surface area contributed by atoms with Gasteiger partial charge in [0.1, 0.15) is 12.4 Å². The third-order valence-electron chi connectivity index (χ3n) is 3.91. The number of amides is 3. The van der Waals surface area contributed by atoms with Gasteiger partial charge in [0.05, 0.1) is 5.56 Å². The fourth-order valence-electron chi connectivity index (χ4n) is 2.34. The third-order valence-corrected chi connectivity index (χ3v) is 3.91. The Bertz CT molecular complexity index is 837. The Morgan fingerprint density at radius 3 is 2.11 bits per heavy atom. The van der Waals surface area contributed by atoms with Crippen LogP contribution in [0.15, 0.2) is 48.5 Å². The summed E-state index contributed by atoms with van der Waals surface area (Å²) < 4.78 is 10.6. The summed E-state index contributed by atoms with van der Waals surface area (Å²) in [5.74, 6) is -0.704. The van der Waals surface area contributed by atoms with Gasteiger partial charge in [0.2, 0.25) is 0 Å². The topological polar surface area (TPSA) is 108 Å². The van der Waals surface area contributed by atoms with Gasteiger partial charge in [0.15, 0.2) is 6.61 Å². The summed E-state index contributed by atoms with van der Waals surface area (Å²) in [6.45, 7) is 6.22. The predicted molar refractivity (Wildman–Crippen MR) is 104 cm³/mol. The van der Waals surface area contributed by atoms with Crippen molar-refractivity contribution in [2.45, 2.75) is 32.8 Å². The third kappa shape index (κ3) is 6.42. The number of carbonyl (C=O) groups excluding carboxylic acids is 3. The number of carbonyl (C=O) groups is 3. The van der Waals surface area contributed by atoms with E-state index >= 15 is 0 Å². The molecule has 0 unspecified atom stereocenters. The molecule has 28 heavy (non-hydrogen) atoms. The molecule has 7 nitrogen and oxygen atoms in total. The molecule has 3 N–H and O–H groups in total. The Morgan fingerprint density at radius 1 is 0.964 bits per heavy atom. The van der Waals surface area contributed by atoms with Gasteiger partial charge in [-0.05, 0) is 40.8 Å². The minimum atomic E-state index is -1.00. The largest absolute Gasteiger partial charge is 0.489 e. The van der Waals surface area contributed by atoms with Gasteiger partial charge < -0.3 is 15.2 Å². The van der Waals surface area contributed by atoms with Crippen molar-refractivity contribution >= 4 is 17.9 Å². The molecule has 148 valence electrons. The maximum absolute atomic E-state index is 11.9. The number of hydrogen-bond acceptors (Lipinski definition) is 5. The number of benzene rings is 2.